The lowest BCUT2D eigenvalue weighted by Gasteiger charge is -2.39. The number of nitrogens with zero attached hydrogens (tertiary/aromatic N) is 4. The van der Waals surface area contributed by atoms with Crippen molar-refractivity contribution in [3.8, 4) is 28.6 Å². The highest BCUT2D eigenvalue weighted by molar-refractivity contribution is 5.79. The van der Waals surface area contributed by atoms with Gasteiger partial charge in [-0.1, -0.05) is 42.0 Å². The van der Waals surface area contributed by atoms with Crippen molar-refractivity contribution in [1.82, 2.24) is 14.9 Å². The van der Waals surface area contributed by atoms with E-state index in [-0.39, 0.29) is 5.56 Å². The van der Waals surface area contributed by atoms with E-state index in [2.05, 4.69) is 35.3 Å². The number of aromatic nitrogens is 2. The van der Waals surface area contributed by atoms with Crippen LogP contribution in [0.25, 0.3) is 22.5 Å². The molecule has 2 aliphatic rings. The molecule has 2 saturated heterocycles. The number of rotatable bonds is 3. The molecular formula is C27H29N5O. The molecule has 6 nitrogen and oxygen atoms in total. The molecule has 5 rings (SSSR count). The van der Waals surface area contributed by atoms with E-state index in [4.69, 9.17) is 4.98 Å². The Balaban J connectivity index is 1.61. The lowest BCUT2D eigenvalue weighted by atomic mass is 9.78. The Hall–Kier alpha value is -3.43. The molecule has 0 unspecified atom stereocenters. The molecule has 0 amide bonds. The molecule has 0 radical (unpaired) electrons. The van der Waals surface area contributed by atoms with Gasteiger partial charge in [0, 0.05) is 37.8 Å². The van der Waals surface area contributed by atoms with Gasteiger partial charge in [0.15, 0.2) is 5.82 Å². The zero-order chi connectivity index (χ0) is 23.0. The largest absolute Gasteiger partial charge is 0.352 e. The molecule has 0 aliphatic carbocycles. The van der Waals surface area contributed by atoms with Crippen LogP contribution in [0.5, 0.6) is 0 Å². The third-order valence-electron chi connectivity index (χ3n) is 7.34. The number of nitriles is 1. The predicted molar refractivity (Wildman–Crippen MR) is 131 cm³/mol. The summed E-state index contributed by atoms with van der Waals surface area (Å²) in [6, 6.07) is 17.8. The Morgan fingerprint density at radius 1 is 1.00 bits per heavy atom. The molecule has 2 aliphatic heterocycles. The van der Waals surface area contributed by atoms with E-state index < -0.39 is 0 Å². The topological polar surface area (TPSA) is 74.0 Å². The van der Waals surface area contributed by atoms with E-state index in [0.717, 1.165) is 67.1 Å². The van der Waals surface area contributed by atoms with Crippen molar-refractivity contribution in [3.63, 3.8) is 0 Å². The van der Waals surface area contributed by atoms with Gasteiger partial charge in [-0.15, -0.1) is 0 Å². The summed E-state index contributed by atoms with van der Waals surface area (Å²) in [6.07, 6.45) is 3.38. The molecule has 1 aromatic heterocycles. The van der Waals surface area contributed by atoms with Crippen molar-refractivity contribution >= 4 is 5.82 Å². The molecule has 0 bridgehead atoms. The van der Waals surface area contributed by atoms with Crippen LogP contribution in [0.1, 0.15) is 30.4 Å². The fraction of sp³-hybridized carbons (Fsp3) is 0.370. The third kappa shape index (κ3) is 3.94. The van der Waals surface area contributed by atoms with Crippen LogP contribution < -0.4 is 15.8 Å². The number of hydrogen-bond acceptors (Lipinski definition) is 5. The van der Waals surface area contributed by atoms with Gasteiger partial charge in [-0.2, -0.15) is 5.26 Å². The normalized spacial score (nSPS) is 17.3. The van der Waals surface area contributed by atoms with Gasteiger partial charge in [0.05, 0.1) is 23.0 Å². The lowest BCUT2D eigenvalue weighted by Crippen LogP contribution is -2.44. The van der Waals surface area contributed by atoms with E-state index in [0.29, 0.717) is 16.8 Å². The number of piperidine rings is 1. The van der Waals surface area contributed by atoms with Crippen LogP contribution in [0.15, 0.2) is 53.3 Å². The van der Waals surface area contributed by atoms with Gasteiger partial charge >= 0.3 is 0 Å². The first-order valence-electron chi connectivity index (χ1n) is 11.6. The van der Waals surface area contributed by atoms with Gasteiger partial charge in [-0.05, 0) is 50.3 Å². The summed E-state index contributed by atoms with van der Waals surface area (Å²) in [5.41, 5.74) is 5.49. The number of nitrogens with one attached hydrogen (secondary N) is 1. The third-order valence-corrected chi connectivity index (χ3v) is 7.34. The summed E-state index contributed by atoms with van der Waals surface area (Å²) in [4.78, 5) is 20.7. The second-order valence-corrected chi connectivity index (χ2v) is 9.47. The van der Waals surface area contributed by atoms with E-state index in [1.165, 1.54) is 6.42 Å². The van der Waals surface area contributed by atoms with Gasteiger partial charge in [0.1, 0.15) is 0 Å². The Bertz CT molecular complexity index is 1250. The zero-order valence-electron chi connectivity index (χ0n) is 19.3. The predicted octanol–water partition coefficient (Wildman–Crippen LogP) is 3.87. The summed E-state index contributed by atoms with van der Waals surface area (Å²) in [6.45, 7) is 5.92. The molecule has 3 aromatic rings. The second kappa shape index (κ2) is 8.49. The Labute approximate surface area is 194 Å². The fourth-order valence-electron chi connectivity index (χ4n) is 5.18. The molecule has 6 heteroatoms. The maximum absolute atomic E-state index is 13.5. The van der Waals surface area contributed by atoms with Crippen LogP contribution in [-0.4, -0.2) is 35.7 Å². The van der Waals surface area contributed by atoms with Crippen LogP contribution in [0.3, 0.4) is 0 Å². The van der Waals surface area contributed by atoms with Crippen LogP contribution in [-0.2, 0) is 7.05 Å². The summed E-state index contributed by atoms with van der Waals surface area (Å²) in [7, 11) is 1.84. The van der Waals surface area contributed by atoms with E-state index >= 15 is 0 Å². The molecular weight excluding hydrogens is 410 g/mol. The number of anilines is 1. The lowest BCUT2D eigenvalue weighted by molar-refractivity contribution is 0.246. The van der Waals surface area contributed by atoms with E-state index in [1.807, 2.05) is 31.3 Å². The SMILES string of the molecule is Cc1ccc(-c2c(-c3ccc(C#N)cc3)nc(N3CCC4(CCNC4)CC3)c(=O)n2C)cc1. The van der Waals surface area contributed by atoms with Crippen LogP contribution in [0, 0.1) is 23.7 Å². The van der Waals surface area contributed by atoms with E-state index in [1.54, 1.807) is 16.7 Å². The highest BCUT2D eigenvalue weighted by Crippen LogP contribution is 2.38. The van der Waals surface area contributed by atoms with Crippen LogP contribution in [0.2, 0.25) is 0 Å². The van der Waals surface area contributed by atoms with Gasteiger partial charge in [-0.3, -0.25) is 4.79 Å². The van der Waals surface area contributed by atoms with Crippen molar-refractivity contribution in [2.45, 2.75) is 26.2 Å². The Kier molecular flexibility index (Phi) is 5.51. The Morgan fingerprint density at radius 2 is 1.67 bits per heavy atom. The summed E-state index contributed by atoms with van der Waals surface area (Å²) >= 11 is 0. The number of benzene rings is 2. The van der Waals surface area contributed by atoms with Crippen molar-refractivity contribution in [2.24, 2.45) is 12.5 Å². The zero-order valence-corrected chi connectivity index (χ0v) is 19.3. The standard InChI is InChI=1S/C27H29N5O/c1-19-3-7-22(8-4-19)24-23(21-9-5-20(17-28)6-10-21)30-25(26(33)31(24)2)32-15-12-27(13-16-32)11-14-29-18-27/h3-10,29H,11-16,18H2,1-2H3. The molecule has 1 N–H and O–H groups in total. The summed E-state index contributed by atoms with van der Waals surface area (Å²) in [5, 5.41) is 12.7. The smallest absolute Gasteiger partial charge is 0.293 e. The average Bonchev–Trinajstić information content (AvgIpc) is 3.30. The van der Waals surface area contributed by atoms with Crippen molar-refractivity contribution in [2.75, 3.05) is 31.1 Å². The fourth-order valence-corrected chi connectivity index (χ4v) is 5.18. The average molecular weight is 440 g/mol. The number of aryl methyl sites for hydroxylation is 1. The van der Waals surface area contributed by atoms with Crippen molar-refractivity contribution in [1.29, 1.82) is 5.26 Å². The molecule has 0 saturated carbocycles. The number of hydrogen-bond donors (Lipinski definition) is 1. The molecule has 2 fully saturated rings. The minimum absolute atomic E-state index is 0.0662. The van der Waals surface area contributed by atoms with Crippen LogP contribution >= 0.6 is 0 Å². The maximum Gasteiger partial charge on any atom is 0.293 e. The van der Waals surface area contributed by atoms with Gasteiger partial charge < -0.3 is 14.8 Å². The van der Waals surface area contributed by atoms with E-state index in [9.17, 15) is 10.1 Å². The van der Waals surface area contributed by atoms with Gasteiger partial charge in [0.25, 0.3) is 5.56 Å². The maximum atomic E-state index is 13.5. The van der Waals surface area contributed by atoms with Gasteiger partial charge in [0.2, 0.25) is 0 Å². The minimum Gasteiger partial charge on any atom is -0.352 e. The van der Waals surface area contributed by atoms with Crippen molar-refractivity contribution < 1.29 is 0 Å². The first kappa shape index (κ1) is 21.4. The molecule has 1 spiro atoms. The molecule has 33 heavy (non-hydrogen) atoms. The molecule has 0 atom stereocenters. The van der Waals surface area contributed by atoms with Gasteiger partial charge in [-0.25, -0.2) is 4.98 Å². The Morgan fingerprint density at radius 3 is 2.27 bits per heavy atom. The highest BCUT2D eigenvalue weighted by atomic mass is 16.1. The minimum atomic E-state index is -0.0662. The highest BCUT2D eigenvalue weighted by Gasteiger charge is 2.38. The second-order valence-electron chi connectivity index (χ2n) is 9.47. The first-order valence-corrected chi connectivity index (χ1v) is 11.6. The molecule has 2 aromatic carbocycles. The van der Waals surface area contributed by atoms with Crippen LogP contribution in [0.4, 0.5) is 5.82 Å². The summed E-state index contributed by atoms with van der Waals surface area (Å²) < 4.78 is 1.74. The monoisotopic (exact) mass is 439 g/mol. The molecule has 3 heterocycles. The van der Waals surface area contributed by atoms with Crippen molar-refractivity contribution in [3.05, 3.63) is 70.0 Å². The first-order chi connectivity index (χ1) is 16.0. The quantitative estimate of drug-likeness (QED) is 0.671. The summed E-state index contributed by atoms with van der Waals surface area (Å²) in [5.74, 6) is 0.522. The molecule has 168 valence electrons.